The first-order valence-corrected chi connectivity index (χ1v) is 8.42. The van der Waals surface area contributed by atoms with Crippen molar-refractivity contribution in [3.8, 4) is 6.07 Å². The van der Waals surface area contributed by atoms with Crippen molar-refractivity contribution in [3.05, 3.63) is 30.2 Å². The lowest BCUT2D eigenvalue weighted by atomic mass is 10.4. The molecule has 0 aromatic carbocycles. The van der Waals surface area contributed by atoms with E-state index in [4.69, 9.17) is 10.00 Å². The van der Waals surface area contributed by atoms with Gasteiger partial charge in [-0.3, -0.25) is 4.40 Å². The summed E-state index contributed by atoms with van der Waals surface area (Å²) in [5.74, 6) is -0.826. The summed E-state index contributed by atoms with van der Waals surface area (Å²) in [7, 11) is -4.00. The average Bonchev–Trinajstić information content (AvgIpc) is 2.93. The number of nitriles is 1. The number of aromatic nitrogens is 2. The minimum absolute atomic E-state index is 0.117. The SMILES string of the molecule is CCOC(=O)c1nc(S(=O)(=O)N(CC)CC#N)c2ccccn12. The van der Waals surface area contributed by atoms with E-state index in [2.05, 4.69) is 4.98 Å². The van der Waals surface area contributed by atoms with Crippen LogP contribution in [0.15, 0.2) is 29.4 Å². The summed E-state index contributed by atoms with van der Waals surface area (Å²) < 4.78 is 32.7. The molecular formula is C14H16N4O4S. The molecule has 0 saturated carbocycles. The predicted molar refractivity (Wildman–Crippen MR) is 81.2 cm³/mol. The highest BCUT2D eigenvalue weighted by Crippen LogP contribution is 2.22. The Morgan fingerprint density at radius 3 is 2.78 bits per heavy atom. The van der Waals surface area contributed by atoms with Crippen molar-refractivity contribution in [2.75, 3.05) is 19.7 Å². The van der Waals surface area contributed by atoms with E-state index in [1.165, 1.54) is 10.6 Å². The Hall–Kier alpha value is -2.44. The molecule has 2 heterocycles. The summed E-state index contributed by atoms with van der Waals surface area (Å²) in [5, 5.41) is 8.53. The first-order chi connectivity index (χ1) is 11.0. The van der Waals surface area contributed by atoms with Gasteiger partial charge in [-0.25, -0.2) is 18.2 Å². The third kappa shape index (κ3) is 3.04. The number of carbonyl (C=O) groups is 1. The molecule has 2 aromatic heterocycles. The molecule has 122 valence electrons. The zero-order valence-electron chi connectivity index (χ0n) is 12.8. The Labute approximate surface area is 134 Å². The van der Waals surface area contributed by atoms with Gasteiger partial charge in [0.2, 0.25) is 5.82 Å². The lowest BCUT2D eigenvalue weighted by molar-refractivity contribution is 0.0511. The Kier molecular flexibility index (Phi) is 4.98. The predicted octanol–water partition coefficient (Wildman–Crippen LogP) is 1.05. The second-order valence-electron chi connectivity index (χ2n) is 4.51. The Balaban J connectivity index is 2.67. The second kappa shape index (κ2) is 6.76. The standard InChI is InChI=1S/C14H16N4O4S/c1-3-17(10-8-15)23(20,21)13-11-7-5-6-9-18(11)12(16-13)14(19)22-4-2/h5-7,9H,3-4,10H2,1-2H3. The fourth-order valence-corrected chi connectivity index (χ4v) is 3.55. The first kappa shape index (κ1) is 16.9. The van der Waals surface area contributed by atoms with Gasteiger partial charge in [0.1, 0.15) is 6.54 Å². The molecule has 0 N–H and O–H groups in total. The smallest absolute Gasteiger partial charge is 0.374 e. The molecule has 0 spiro atoms. The van der Waals surface area contributed by atoms with E-state index in [1.54, 1.807) is 32.0 Å². The van der Waals surface area contributed by atoms with Gasteiger partial charge in [-0.2, -0.15) is 9.57 Å². The maximum atomic E-state index is 12.7. The highest BCUT2D eigenvalue weighted by molar-refractivity contribution is 7.89. The number of fused-ring (bicyclic) bond motifs is 1. The molecule has 0 saturated heterocycles. The molecule has 23 heavy (non-hydrogen) atoms. The lowest BCUT2D eigenvalue weighted by Crippen LogP contribution is -2.31. The number of carbonyl (C=O) groups excluding carboxylic acids is 1. The molecule has 0 unspecified atom stereocenters. The molecule has 2 aromatic rings. The summed E-state index contributed by atoms with van der Waals surface area (Å²) in [6.07, 6.45) is 1.54. The monoisotopic (exact) mass is 336 g/mol. The molecule has 0 amide bonds. The second-order valence-corrected chi connectivity index (χ2v) is 6.36. The number of pyridine rings is 1. The van der Waals surface area contributed by atoms with Crippen molar-refractivity contribution >= 4 is 21.5 Å². The van der Waals surface area contributed by atoms with Crippen LogP contribution < -0.4 is 0 Å². The quantitative estimate of drug-likeness (QED) is 0.576. The fraction of sp³-hybridized carbons (Fsp3) is 0.357. The maximum absolute atomic E-state index is 12.7. The van der Waals surface area contributed by atoms with Crippen LogP contribution in [0.25, 0.3) is 5.52 Å². The third-order valence-electron chi connectivity index (χ3n) is 3.16. The van der Waals surface area contributed by atoms with Gasteiger partial charge in [0.15, 0.2) is 5.03 Å². The van der Waals surface area contributed by atoms with E-state index in [1.807, 2.05) is 6.07 Å². The van der Waals surface area contributed by atoms with E-state index in [0.29, 0.717) is 0 Å². The number of hydrogen-bond acceptors (Lipinski definition) is 6. The van der Waals surface area contributed by atoms with E-state index in [9.17, 15) is 13.2 Å². The van der Waals surface area contributed by atoms with Gasteiger partial charge in [-0.05, 0) is 19.1 Å². The van der Waals surface area contributed by atoms with Gasteiger partial charge in [0.25, 0.3) is 10.0 Å². The van der Waals surface area contributed by atoms with Gasteiger partial charge in [-0.1, -0.05) is 13.0 Å². The number of nitrogens with zero attached hydrogens (tertiary/aromatic N) is 4. The van der Waals surface area contributed by atoms with Crippen molar-refractivity contribution in [1.82, 2.24) is 13.7 Å². The molecule has 9 heteroatoms. The van der Waals surface area contributed by atoms with Crippen molar-refractivity contribution in [2.24, 2.45) is 0 Å². The number of esters is 1. The zero-order chi connectivity index (χ0) is 17.0. The molecule has 0 aliphatic heterocycles. The van der Waals surface area contributed by atoms with Gasteiger partial charge < -0.3 is 4.74 Å². The van der Waals surface area contributed by atoms with Crippen LogP contribution in [0.4, 0.5) is 0 Å². The van der Waals surface area contributed by atoms with Crippen molar-refractivity contribution in [1.29, 1.82) is 5.26 Å². The van der Waals surface area contributed by atoms with Crippen molar-refractivity contribution in [2.45, 2.75) is 18.9 Å². The van der Waals surface area contributed by atoms with E-state index in [-0.39, 0.29) is 36.1 Å². The van der Waals surface area contributed by atoms with Crippen molar-refractivity contribution < 1.29 is 17.9 Å². The summed E-state index contributed by atoms with van der Waals surface area (Å²) in [6.45, 7) is 3.25. The first-order valence-electron chi connectivity index (χ1n) is 6.98. The van der Waals surface area contributed by atoms with Crippen LogP contribution in [0.2, 0.25) is 0 Å². The molecule has 0 aliphatic carbocycles. The minimum atomic E-state index is -4.00. The Morgan fingerprint density at radius 2 is 2.17 bits per heavy atom. The molecule has 0 fully saturated rings. The normalized spacial score (nSPS) is 11.6. The van der Waals surface area contributed by atoms with Crippen molar-refractivity contribution in [3.63, 3.8) is 0 Å². The maximum Gasteiger partial charge on any atom is 0.374 e. The zero-order valence-corrected chi connectivity index (χ0v) is 13.6. The van der Waals surface area contributed by atoms with E-state index in [0.717, 1.165) is 4.31 Å². The topological polar surface area (TPSA) is 105 Å². The van der Waals surface area contributed by atoms with Crippen LogP contribution in [-0.4, -0.2) is 47.8 Å². The number of hydrogen-bond donors (Lipinski definition) is 0. The third-order valence-corrected chi connectivity index (χ3v) is 5.01. The Bertz CT molecular complexity index is 867. The average molecular weight is 336 g/mol. The van der Waals surface area contributed by atoms with Gasteiger partial charge in [0.05, 0.1) is 18.2 Å². The lowest BCUT2D eigenvalue weighted by Gasteiger charge is -2.15. The number of sulfonamides is 1. The number of ether oxygens (including phenoxy) is 1. The van der Waals surface area contributed by atoms with Crippen LogP contribution >= 0.6 is 0 Å². The Morgan fingerprint density at radius 1 is 1.43 bits per heavy atom. The number of rotatable bonds is 6. The molecular weight excluding hydrogens is 320 g/mol. The largest absolute Gasteiger partial charge is 0.460 e. The highest BCUT2D eigenvalue weighted by Gasteiger charge is 2.30. The molecule has 0 bridgehead atoms. The molecule has 0 aliphatic rings. The van der Waals surface area contributed by atoms with Gasteiger partial charge in [0, 0.05) is 12.7 Å². The van der Waals surface area contributed by atoms with Crippen LogP contribution in [-0.2, 0) is 14.8 Å². The number of imidazole rings is 1. The summed E-state index contributed by atoms with van der Waals surface area (Å²) in [5.41, 5.74) is 0.256. The van der Waals surface area contributed by atoms with Crippen LogP contribution in [0.5, 0.6) is 0 Å². The van der Waals surface area contributed by atoms with Gasteiger partial charge in [-0.15, -0.1) is 0 Å². The fourth-order valence-electron chi connectivity index (χ4n) is 2.11. The van der Waals surface area contributed by atoms with Crippen LogP contribution in [0.1, 0.15) is 24.5 Å². The molecule has 0 atom stereocenters. The molecule has 8 nitrogen and oxygen atoms in total. The van der Waals surface area contributed by atoms with Crippen LogP contribution in [0, 0.1) is 11.3 Å². The van der Waals surface area contributed by atoms with Crippen LogP contribution in [0.3, 0.4) is 0 Å². The molecule has 2 rings (SSSR count). The minimum Gasteiger partial charge on any atom is -0.460 e. The summed E-state index contributed by atoms with van der Waals surface area (Å²) in [6, 6.07) is 6.66. The summed E-state index contributed by atoms with van der Waals surface area (Å²) >= 11 is 0. The summed E-state index contributed by atoms with van der Waals surface area (Å²) in [4.78, 5) is 16.0. The highest BCUT2D eigenvalue weighted by atomic mass is 32.2. The van der Waals surface area contributed by atoms with E-state index < -0.39 is 16.0 Å². The molecule has 0 radical (unpaired) electrons. The van der Waals surface area contributed by atoms with E-state index >= 15 is 0 Å². The van der Waals surface area contributed by atoms with Gasteiger partial charge >= 0.3 is 5.97 Å².